The maximum atomic E-state index is 12.2. The average molecular weight is 527 g/mol. The van der Waals surface area contributed by atoms with Gasteiger partial charge in [-0.1, -0.05) is 48.2 Å². The number of aromatic nitrogens is 3. The molecule has 10 nitrogen and oxygen atoms in total. The maximum absolute atomic E-state index is 12.2. The summed E-state index contributed by atoms with van der Waals surface area (Å²) in [4.78, 5) is 23.3. The number of anilines is 1. The molecule has 11 heteroatoms. The molecule has 196 valence electrons. The van der Waals surface area contributed by atoms with Crippen LogP contribution in [-0.4, -0.2) is 49.7 Å². The number of aryl methyl sites for hydroxylation is 1. The summed E-state index contributed by atoms with van der Waals surface area (Å²) < 4.78 is 19.5. The summed E-state index contributed by atoms with van der Waals surface area (Å²) in [5.74, 6) is -0.266. The van der Waals surface area contributed by atoms with Gasteiger partial charge in [-0.15, -0.1) is 10.2 Å². The van der Waals surface area contributed by atoms with Crippen molar-refractivity contribution in [2.75, 3.05) is 11.1 Å². The van der Waals surface area contributed by atoms with Gasteiger partial charge in [-0.3, -0.25) is 9.59 Å². The van der Waals surface area contributed by atoms with E-state index in [-0.39, 0.29) is 18.8 Å². The van der Waals surface area contributed by atoms with E-state index in [9.17, 15) is 14.7 Å². The molecule has 1 aliphatic heterocycles. The fourth-order valence-corrected chi connectivity index (χ4v) is 4.77. The Hall–Kier alpha value is -3.25. The fraction of sp³-hybridized carbons (Fsp3) is 0.385. The predicted octanol–water partition coefficient (Wildman–Crippen LogP) is 3.54. The standard InChI is InChI=1S/C26H30N4O6S/c1-16(34-17(2)32)24(33)28-21-10-8-20(9-11-21)25-35-22(14-37-26-29-27-15-30(26)3)12-23(36-25)19-6-4-18(13-31)5-7-19/h4-11,15-16,22-23,25,31H,12-14H2,1-3H3,(H,28,33)/t16-,22-,23+,25+/m0/s1. The van der Waals surface area contributed by atoms with Crippen molar-refractivity contribution in [3.05, 3.63) is 71.5 Å². The van der Waals surface area contributed by atoms with Crippen LogP contribution in [0.5, 0.6) is 0 Å². The SMILES string of the molecule is CC(=O)O[C@@H](C)C(=O)Nc1ccc([C@@H]2O[C@H](CSc3nncn3C)C[C@H](c3ccc(CO)cc3)O2)cc1. The molecule has 0 aliphatic carbocycles. The molecular formula is C26H30N4O6S. The largest absolute Gasteiger partial charge is 0.453 e. The second kappa shape index (κ2) is 12.3. The maximum Gasteiger partial charge on any atom is 0.303 e. The second-order valence-corrected chi connectivity index (χ2v) is 9.74. The van der Waals surface area contributed by atoms with Crippen molar-refractivity contribution >= 4 is 29.3 Å². The molecule has 1 aromatic heterocycles. The van der Waals surface area contributed by atoms with Crippen LogP contribution in [0.15, 0.2) is 60.0 Å². The summed E-state index contributed by atoms with van der Waals surface area (Å²) in [6.45, 7) is 2.76. The zero-order valence-corrected chi connectivity index (χ0v) is 21.7. The Morgan fingerprint density at radius 1 is 1.16 bits per heavy atom. The lowest BCUT2D eigenvalue weighted by Crippen LogP contribution is -2.31. The first-order valence-corrected chi connectivity index (χ1v) is 12.9. The molecule has 2 heterocycles. The predicted molar refractivity (Wildman–Crippen MR) is 136 cm³/mol. The third-order valence-electron chi connectivity index (χ3n) is 5.85. The molecule has 0 radical (unpaired) electrons. The summed E-state index contributed by atoms with van der Waals surface area (Å²) in [6.07, 6.45) is 0.475. The molecule has 0 saturated carbocycles. The lowest BCUT2D eigenvalue weighted by molar-refractivity contribution is -0.245. The zero-order valence-electron chi connectivity index (χ0n) is 20.9. The van der Waals surface area contributed by atoms with E-state index in [0.29, 0.717) is 17.9 Å². The van der Waals surface area contributed by atoms with E-state index in [4.69, 9.17) is 14.2 Å². The van der Waals surface area contributed by atoms with Crippen molar-refractivity contribution in [3.8, 4) is 0 Å². The third kappa shape index (κ3) is 7.16. The van der Waals surface area contributed by atoms with Crippen LogP contribution in [0.2, 0.25) is 0 Å². The average Bonchev–Trinajstić information content (AvgIpc) is 3.31. The number of rotatable bonds is 9. The van der Waals surface area contributed by atoms with Crippen LogP contribution >= 0.6 is 11.8 Å². The molecule has 0 unspecified atom stereocenters. The highest BCUT2D eigenvalue weighted by Gasteiger charge is 2.32. The van der Waals surface area contributed by atoms with E-state index >= 15 is 0 Å². The lowest BCUT2D eigenvalue weighted by Gasteiger charge is -2.36. The third-order valence-corrected chi connectivity index (χ3v) is 7.01. The van der Waals surface area contributed by atoms with Crippen molar-refractivity contribution in [2.45, 2.75) is 56.6 Å². The van der Waals surface area contributed by atoms with E-state index in [2.05, 4.69) is 15.5 Å². The smallest absolute Gasteiger partial charge is 0.303 e. The summed E-state index contributed by atoms with van der Waals surface area (Å²) in [5, 5.41) is 21.0. The fourth-order valence-electron chi connectivity index (χ4n) is 3.86. The molecule has 0 spiro atoms. The Balaban J connectivity index is 1.47. The Labute approximate surface area is 219 Å². The summed E-state index contributed by atoms with van der Waals surface area (Å²) in [6, 6.07) is 14.9. The molecule has 0 bridgehead atoms. The minimum atomic E-state index is -0.896. The van der Waals surface area contributed by atoms with Gasteiger partial charge < -0.3 is 29.2 Å². The van der Waals surface area contributed by atoms with Gasteiger partial charge in [0.25, 0.3) is 5.91 Å². The molecule has 3 aromatic rings. The van der Waals surface area contributed by atoms with Crippen molar-refractivity contribution in [1.82, 2.24) is 14.8 Å². The normalized spacial score (nSPS) is 20.3. The highest BCUT2D eigenvalue weighted by atomic mass is 32.2. The van der Waals surface area contributed by atoms with Gasteiger partial charge in [-0.2, -0.15) is 0 Å². The van der Waals surface area contributed by atoms with Crippen LogP contribution in [-0.2, 0) is 37.5 Å². The Morgan fingerprint density at radius 2 is 1.86 bits per heavy atom. The second-order valence-electron chi connectivity index (χ2n) is 8.75. The van der Waals surface area contributed by atoms with Crippen LogP contribution < -0.4 is 5.32 Å². The van der Waals surface area contributed by atoms with Gasteiger partial charge in [-0.25, -0.2) is 0 Å². The van der Waals surface area contributed by atoms with Gasteiger partial charge in [0.15, 0.2) is 17.6 Å². The first kappa shape index (κ1) is 26.8. The number of benzene rings is 2. The van der Waals surface area contributed by atoms with Gasteiger partial charge in [0.1, 0.15) is 6.33 Å². The van der Waals surface area contributed by atoms with E-state index in [1.807, 2.05) is 48.0 Å². The van der Waals surface area contributed by atoms with Crippen molar-refractivity contribution in [1.29, 1.82) is 0 Å². The van der Waals surface area contributed by atoms with Gasteiger partial charge in [0.2, 0.25) is 0 Å². The molecule has 1 saturated heterocycles. The van der Waals surface area contributed by atoms with Gasteiger partial charge >= 0.3 is 5.97 Å². The number of esters is 1. The molecule has 2 aromatic carbocycles. The van der Waals surface area contributed by atoms with Crippen LogP contribution in [0.3, 0.4) is 0 Å². The number of hydrogen-bond donors (Lipinski definition) is 2. The molecule has 37 heavy (non-hydrogen) atoms. The van der Waals surface area contributed by atoms with Crippen LogP contribution in [0.25, 0.3) is 0 Å². The number of hydrogen-bond acceptors (Lipinski definition) is 9. The Kier molecular flexibility index (Phi) is 8.93. The van der Waals surface area contributed by atoms with E-state index in [0.717, 1.165) is 21.8 Å². The molecule has 1 fully saturated rings. The molecule has 4 atom stereocenters. The van der Waals surface area contributed by atoms with Gasteiger partial charge in [0, 0.05) is 37.4 Å². The van der Waals surface area contributed by atoms with Crippen LogP contribution in [0.4, 0.5) is 5.69 Å². The molecule has 2 N–H and O–H groups in total. The van der Waals surface area contributed by atoms with Crippen LogP contribution in [0.1, 0.15) is 49.4 Å². The van der Waals surface area contributed by atoms with Crippen molar-refractivity contribution in [3.63, 3.8) is 0 Å². The minimum absolute atomic E-state index is 0.0168. The number of aliphatic hydroxyl groups is 1. The zero-order chi connectivity index (χ0) is 26.4. The number of thioether (sulfide) groups is 1. The van der Waals surface area contributed by atoms with Gasteiger partial charge in [0.05, 0.1) is 18.8 Å². The number of aliphatic hydroxyl groups excluding tert-OH is 1. The molecule has 4 rings (SSSR count). The van der Waals surface area contributed by atoms with Crippen LogP contribution in [0, 0.1) is 0 Å². The summed E-state index contributed by atoms with van der Waals surface area (Å²) >= 11 is 1.57. The number of carbonyl (C=O) groups excluding carboxylic acids is 2. The van der Waals surface area contributed by atoms with Crippen molar-refractivity contribution < 1.29 is 28.9 Å². The highest BCUT2D eigenvalue weighted by Crippen LogP contribution is 2.39. The van der Waals surface area contributed by atoms with E-state index in [1.54, 1.807) is 30.2 Å². The molecule has 1 amide bonds. The molecule has 1 aliphatic rings. The highest BCUT2D eigenvalue weighted by molar-refractivity contribution is 7.99. The number of carbonyl (C=O) groups is 2. The number of nitrogens with one attached hydrogen (secondary N) is 1. The number of ether oxygens (including phenoxy) is 3. The summed E-state index contributed by atoms with van der Waals surface area (Å²) in [7, 11) is 1.90. The van der Waals surface area contributed by atoms with Crippen molar-refractivity contribution in [2.24, 2.45) is 7.05 Å². The Bertz CT molecular complexity index is 1200. The first-order chi connectivity index (χ1) is 17.8. The van der Waals surface area contributed by atoms with Gasteiger partial charge in [-0.05, 0) is 30.2 Å². The monoisotopic (exact) mass is 526 g/mol. The molecular weight excluding hydrogens is 496 g/mol. The van der Waals surface area contributed by atoms with E-state index < -0.39 is 24.3 Å². The topological polar surface area (TPSA) is 125 Å². The quantitative estimate of drug-likeness (QED) is 0.318. The van der Waals surface area contributed by atoms with E-state index in [1.165, 1.54) is 13.8 Å². The number of nitrogens with zero attached hydrogens (tertiary/aromatic N) is 3. The first-order valence-electron chi connectivity index (χ1n) is 11.9. The minimum Gasteiger partial charge on any atom is -0.453 e. The lowest BCUT2D eigenvalue weighted by atomic mass is 10.0. The summed E-state index contributed by atoms with van der Waals surface area (Å²) in [5.41, 5.74) is 3.20. The number of amides is 1. The Morgan fingerprint density at radius 3 is 2.49 bits per heavy atom.